The van der Waals surface area contributed by atoms with Crippen LogP contribution in [0.2, 0.25) is 0 Å². The van der Waals surface area contributed by atoms with E-state index in [0.717, 1.165) is 16.9 Å². The number of hydrogen-bond acceptors (Lipinski definition) is 6. The lowest BCUT2D eigenvalue weighted by atomic mass is 9.99. The molecule has 0 unspecified atom stereocenters. The predicted molar refractivity (Wildman–Crippen MR) is 119 cm³/mol. The van der Waals surface area contributed by atoms with Gasteiger partial charge in [-0.15, -0.1) is 0 Å². The number of benzene rings is 2. The molecule has 1 saturated heterocycles. The van der Waals surface area contributed by atoms with Crippen molar-refractivity contribution in [2.75, 3.05) is 18.4 Å². The van der Waals surface area contributed by atoms with E-state index in [-0.39, 0.29) is 23.6 Å². The quantitative estimate of drug-likeness (QED) is 0.553. The fourth-order valence-corrected chi connectivity index (χ4v) is 3.49. The number of nitrogens with one attached hydrogen (secondary N) is 1. The molecule has 0 saturated carbocycles. The molecular weight excluding hydrogens is 410 g/mol. The Balaban J connectivity index is 1.34. The van der Waals surface area contributed by atoms with Crippen LogP contribution in [-0.4, -0.2) is 46.2 Å². The first-order valence-corrected chi connectivity index (χ1v) is 10.5. The predicted octanol–water partition coefficient (Wildman–Crippen LogP) is 3.90. The number of amides is 1. The largest absolute Gasteiger partial charge is 0.491 e. The van der Waals surface area contributed by atoms with E-state index in [9.17, 15) is 9.59 Å². The highest BCUT2D eigenvalue weighted by Crippen LogP contribution is 2.24. The maximum Gasteiger partial charge on any atom is 0.309 e. The Morgan fingerprint density at radius 3 is 2.47 bits per heavy atom. The third-order valence-corrected chi connectivity index (χ3v) is 5.18. The molecule has 4 rings (SSSR count). The first-order chi connectivity index (χ1) is 15.4. The topological polar surface area (TPSA) is 105 Å². The van der Waals surface area contributed by atoms with Crippen LogP contribution in [0.5, 0.6) is 5.75 Å². The number of nitrogens with zero attached hydrogens (tertiary/aromatic N) is 2. The summed E-state index contributed by atoms with van der Waals surface area (Å²) in [5.41, 5.74) is 2.71. The molecule has 8 heteroatoms. The van der Waals surface area contributed by atoms with Gasteiger partial charge < -0.3 is 19.7 Å². The average molecular weight is 435 g/mol. The molecule has 3 aromatic rings. The normalized spacial score (nSPS) is 14.2. The van der Waals surface area contributed by atoms with Crippen molar-refractivity contribution in [1.82, 2.24) is 10.1 Å². The molecule has 1 amide bonds. The number of aliphatic carboxylic acids is 1. The Morgan fingerprint density at radius 1 is 1.16 bits per heavy atom. The molecule has 1 aromatic heterocycles. The number of carbonyl (C=O) groups is 2. The minimum Gasteiger partial charge on any atom is -0.491 e. The van der Waals surface area contributed by atoms with Gasteiger partial charge in [-0.3, -0.25) is 14.5 Å². The second-order valence-electron chi connectivity index (χ2n) is 8.15. The molecule has 32 heavy (non-hydrogen) atoms. The van der Waals surface area contributed by atoms with Crippen LogP contribution in [0.25, 0.3) is 11.3 Å². The smallest absolute Gasteiger partial charge is 0.309 e. The SMILES string of the molecule is CC(C)Oc1ccc(NC(=O)c2cc(-c3ccc(CN4CC(C(=O)O)C4)cc3)on2)cc1. The molecule has 1 fully saturated rings. The monoisotopic (exact) mass is 435 g/mol. The molecule has 0 bridgehead atoms. The Bertz CT molecular complexity index is 1080. The first kappa shape index (κ1) is 21.6. The molecule has 166 valence electrons. The summed E-state index contributed by atoms with van der Waals surface area (Å²) in [4.78, 5) is 25.5. The number of hydrogen-bond donors (Lipinski definition) is 2. The second-order valence-corrected chi connectivity index (χ2v) is 8.15. The number of ether oxygens (including phenoxy) is 1. The van der Waals surface area contributed by atoms with Crippen molar-refractivity contribution >= 4 is 17.6 Å². The highest BCUT2D eigenvalue weighted by atomic mass is 16.5. The van der Waals surface area contributed by atoms with E-state index in [0.29, 0.717) is 31.1 Å². The fraction of sp³-hybridized carbons (Fsp3) is 0.292. The van der Waals surface area contributed by atoms with Gasteiger partial charge in [0.1, 0.15) is 5.75 Å². The lowest BCUT2D eigenvalue weighted by molar-refractivity contribution is -0.147. The van der Waals surface area contributed by atoms with Crippen molar-refractivity contribution in [3.8, 4) is 17.1 Å². The maximum atomic E-state index is 12.5. The molecular formula is C24H25N3O5. The van der Waals surface area contributed by atoms with Crippen LogP contribution < -0.4 is 10.1 Å². The van der Waals surface area contributed by atoms with Gasteiger partial charge in [-0.2, -0.15) is 0 Å². The molecule has 0 spiro atoms. The van der Waals surface area contributed by atoms with E-state index in [1.807, 2.05) is 38.1 Å². The summed E-state index contributed by atoms with van der Waals surface area (Å²) < 4.78 is 11.0. The van der Waals surface area contributed by atoms with E-state index < -0.39 is 5.97 Å². The number of aromatic nitrogens is 1. The standard InChI is InChI=1S/C24H25N3O5/c1-15(2)31-20-9-7-19(8-10-20)25-23(28)21-11-22(32-26-21)17-5-3-16(4-6-17)12-27-13-18(14-27)24(29)30/h3-11,15,18H,12-14H2,1-2H3,(H,25,28)(H,29,30). The van der Waals surface area contributed by atoms with Gasteiger partial charge in [0.05, 0.1) is 12.0 Å². The van der Waals surface area contributed by atoms with Gasteiger partial charge in [-0.1, -0.05) is 29.4 Å². The second kappa shape index (κ2) is 9.23. The van der Waals surface area contributed by atoms with Gasteiger partial charge in [0.25, 0.3) is 5.91 Å². The van der Waals surface area contributed by atoms with E-state index in [2.05, 4.69) is 15.4 Å². The van der Waals surface area contributed by atoms with Crippen LogP contribution >= 0.6 is 0 Å². The van der Waals surface area contributed by atoms with Gasteiger partial charge in [0, 0.05) is 37.0 Å². The number of anilines is 1. The summed E-state index contributed by atoms with van der Waals surface area (Å²) in [6.45, 7) is 5.76. The molecule has 2 aromatic carbocycles. The van der Waals surface area contributed by atoms with E-state index >= 15 is 0 Å². The number of likely N-dealkylation sites (tertiary alicyclic amines) is 1. The van der Waals surface area contributed by atoms with Crippen LogP contribution in [0.3, 0.4) is 0 Å². The third kappa shape index (κ3) is 5.15. The molecule has 8 nitrogen and oxygen atoms in total. The minimum absolute atomic E-state index is 0.0815. The van der Waals surface area contributed by atoms with Crippen LogP contribution in [0.4, 0.5) is 5.69 Å². The minimum atomic E-state index is -0.737. The Hall–Kier alpha value is -3.65. The number of carbonyl (C=O) groups excluding carboxylic acids is 1. The maximum absolute atomic E-state index is 12.5. The van der Waals surface area contributed by atoms with Crippen molar-refractivity contribution in [3.05, 3.63) is 65.9 Å². The molecule has 1 aliphatic rings. The van der Waals surface area contributed by atoms with Crippen LogP contribution in [0, 0.1) is 5.92 Å². The van der Waals surface area contributed by atoms with Crippen molar-refractivity contribution in [3.63, 3.8) is 0 Å². The Kier molecular flexibility index (Phi) is 6.23. The summed E-state index contributed by atoms with van der Waals surface area (Å²) in [6, 6.07) is 16.5. The highest BCUT2D eigenvalue weighted by Gasteiger charge is 2.32. The van der Waals surface area contributed by atoms with Crippen LogP contribution in [0.15, 0.2) is 59.1 Å². The molecule has 2 heterocycles. The number of carboxylic acids is 1. The lowest BCUT2D eigenvalue weighted by Gasteiger charge is -2.36. The van der Waals surface area contributed by atoms with Crippen LogP contribution in [-0.2, 0) is 11.3 Å². The van der Waals surface area contributed by atoms with Gasteiger partial charge in [-0.05, 0) is 43.7 Å². The van der Waals surface area contributed by atoms with Crippen molar-refractivity contribution < 1.29 is 24.0 Å². The molecule has 0 radical (unpaired) electrons. The molecule has 0 atom stereocenters. The number of rotatable bonds is 8. The number of carboxylic acid groups (broad SMARTS) is 1. The van der Waals surface area contributed by atoms with Crippen molar-refractivity contribution in [2.45, 2.75) is 26.5 Å². The molecule has 2 N–H and O–H groups in total. The summed E-state index contributed by atoms with van der Waals surface area (Å²) in [5.74, 6) is -0.128. The Labute approximate surface area is 185 Å². The summed E-state index contributed by atoms with van der Waals surface area (Å²) in [7, 11) is 0. The lowest BCUT2D eigenvalue weighted by Crippen LogP contribution is -2.49. The van der Waals surface area contributed by atoms with Gasteiger partial charge in [0.2, 0.25) is 0 Å². The van der Waals surface area contributed by atoms with Crippen LogP contribution in [0.1, 0.15) is 29.9 Å². The average Bonchev–Trinajstić information content (AvgIpc) is 3.22. The third-order valence-electron chi connectivity index (χ3n) is 5.18. The molecule has 0 aliphatic carbocycles. The Morgan fingerprint density at radius 2 is 1.84 bits per heavy atom. The highest BCUT2D eigenvalue weighted by molar-refractivity contribution is 6.03. The van der Waals surface area contributed by atoms with Gasteiger partial charge in [0.15, 0.2) is 11.5 Å². The van der Waals surface area contributed by atoms with Crippen molar-refractivity contribution in [2.24, 2.45) is 5.92 Å². The zero-order valence-electron chi connectivity index (χ0n) is 17.9. The first-order valence-electron chi connectivity index (χ1n) is 10.5. The summed E-state index contributed by atoms with van der Waals surface area (Å²) in [5, 5.41) is 15.6. The van der Waals surface area contributed by atoms with E-state index in [4.69, 9.17) is 14.4 Å². The summed E-state index contributed by atoms with van der Waals surface area (Å²) in [6.07, 6.45) is 0.0815. The fourth-order valence-electron chi connectivity index (χ4n) is 3.49. The zero-order valence-corrected chi connectivity index (χ0v) is 17.9. The van der Waals surface area contributed by atoms with Crippen molar-refractivity contribution in [1.29, 1.82) is 0 Å². The molecule has 1 aliphatic heterocycles. The van der Waals surface area contributed by atoms with E-state index in [1.54, 1.807) is 30.3 Å². The van der Waals surface area contributed by atoms with Gasteiger partial charge in [-0.25, -0.2) is 0 Å². The van der Waals surface area contributed by atoms with E-state index in [1.165, 1.54) is 0 Å². The zero-order chi connectivity index (χ0) is 22.7. The van der Waals surface area contributed by atoms with Gasteiger partial charge >= 0.3 is 5.97 Å². The summed E-state index contributed by atoms with van der Waals surface area (Å²) >= 11 is 0.